The summed E-state index contributed by atoms with van der Waals surface area (Å²) in [5, 5.41) is 3.15. The topological polar surface area (TPSA) is 59.6 Å². The van der Waals surface area contributed by atoms with Gasteiger partial charge in [-0.1, -0.05) is 25.1 Å². The van der Waals surface area contributed by atoms with Crippen LogP contribution >= 0.6 is 24.0 Å². The standard InChI is InChI=1S/C20H27N3O.HI/c1-14-5-8-18(13-16(14)3)23-20(21)22-12-11-15(2)17-6-9-19(24-4)10-7-17;/h5-10,13,15H,11-12H2,1-4H3,(H3,21,22,23);1H. The maximum atomic E-state index is 5.98. The van der Waals surface area contributed by atoms with Gasteiger partial charge in [0.15, 0.2) is 5.96 Å². The average molecular weight is 453 g/mol. The Morgan fingerprint density at radius 1 is 1.12 bits per heavy atom. The zero-order chi connectivity index (χ0) is 17.5. The van der Waals surface area contributed by atoms with Gasteiger partial charge in [-0.05, 0) is 67.1 Å². The van der Waals surface area contributed by atoms with Gasteiger partial charge in [-0.15, -0.1) is 24.0 Å². The van der Waals surface area contributed by atoms with Gasteiger partial charge < -0.3 is 15.8 Å². The SMILES string of the molecule is COc1ccc(C(C)CCN=C(N)Nc2ccc(C)c(C)c2)cc1.I. The lowest BCUT2D eigenvalue weighted by Crippen LogP contribution is -2.23. The molecule has 0 heterocycles. The van der Waals surface area contributed by atoms with Crippen LogP contribution in [-0.4, -0.2) is 19.6 Å². The van der Waals surface area contributed by atoms with Gasteiger partial charge >= 0.3 is 0 Å². The molecule has 0 saturated heterocycles. The summed E-state index contributed by atoms with van der Waals surface area (Å²) in [5.74, 6) is 1.76. The first-order chi connectivity index (χ1) is 11.5. The lowest BCUT2D eigenvalue weighted by atomic mass is 9.98. The van der Waals surface area contributed by atoms with Crippen LogP contribution in [0, 0.1) is 13.8 Å². The van der Waals surface area contributed by atoms with Crippen LogP contribution in [0.4, 0.5) is 5.69 Å². The highest BCUT2D eigenvalue weighted by Gasteiger charge is 2.05. The molecule has 0 fully saturated rings. The third kappa shape index (κ3) is 6.57. The number of hydrogen-bond donors (Lipinski definition) is 2. The van der Waals surface area contributed by atoms with Crippen molar-refractivity contribution in [1.29, 1.82) is 0 Å². The molecular weight excluding hydrogens is 425 g/mol. The first-order valence-corrected chi connectivity index (χ1v) is 8.27. The van der Waals surface area contributed by atoms with Crippen LogP contribution in [0.15, 0.2) is 47.5 Å². The van der Waals surface area contributed by atoms with Crippen LogP contribution in [-0.2, 0) is 0 Å². The Morgan fingerprint density at radius 2 is 1.80 bits per heavy atom. The van der Waals surface area contributed by atoms with Gasteiger partial charge in [0.2, 0.25) is 0 Å². The molecule has 2 aromatic carbocycles. The highest BCUT2D eigenvalue weighted by Crippen LogP contribution is 2.21. The summed E-state index contributed by atoms with van der Waals surface area (Å²) >= 11 is 0. The Bertz CT molecular complexity index is 699. The molecule has 1 unspecified atom stereocenters. The number of aliphatic imine (C=N–C) groups is 1. The predicted molar refractivity (Wildman–Crippen MR) is 117 cm³/mol. The number of methoxy groups -OCH3 is 1. The largest absolute Gasteiger partial charge is 0.497 e. The van der Waals surface area contributed by atoms with Crippen molar-refractivity contribution in [3.8, 4) is 5.75 Å². The number of aryl methyl sites for hydroxylation is 2. The lowest BCUT2D eigenvalue weighted by molar-refractivity contribution is 0.414. The van der Waals surface area contributed by atoms with E-state index in [1.807, 2.05) is 18.2 Å². The molecule has 0 aliphatic carbocycles. The fraction of sp³-hybridized carbons (Fsp3) is 0.350. The Labute approximate surface area is 167 Å². The number of halogens is 1. The second kappa shape index (κ2) is 10.3. The Morgan fingerprint density at radius 3 is 2.40 bits per heavy atom. The Balaban J connectivity index is 0.00000312. The second-order valence-electron chi connectivity index (χ2n) is 6.15. The number of anilines is 1. The molecular formula is C20H28IN3O. The highest BCUT2D eigenvalue weighted by atomic mass is 127. The highest BCUT2D eigenvalue weighted by molar-refractivity contribution is 14.0. The number of rotatable bonds is 6. The lowest BCUT2D eigenvalue weighted by Gasteiger charge is -2.12. The number of nitrogens with two attached hydrogens (primary N) is 1. The third-order valence-electron chi connectivity index (χ3n) is 4.31. The number of guanidine groups is 1. The smallest absolute Gasteiger partial charge is 0.193 e. The number of nitrogens with zero attached hydrogens (tertiary/aromatic N) is 1. The van der Waals surface area contributed by atoms with Gasteiger partial charge in [0.1, 0.15) is 5.75 Å². The van der Waals surface area contributed by atoms with Crippen LogP contribution in [0.3, 0.4) is 0 Å². The molecule has 25 heavy (non-hydrogen) atoms. The fourth-order valence-electron chi connectivity index (χ4n) is 2.48. The van der Waals surface area contributed by atoms with Gasteiger partial charge in [0, 0.05) is 12.2 Å². The molecule has 136 valence electrons. The van der Waals surface area contributed by atoms with Gasteiger partial charge in [0.25, 0.3) is 0 Å². The van der Waals surface area contributed by atoms with Gasteiger partial charge in [-0.25, -0.2) is 0 Å². The van der Waals surface area contributed by atoms with Crippen LogP contribution in [0.2, 0.25) is 0 Å². The van der Waals surface area contributed by atoms with Crippen molar-refractivity contribution < 1.29 is 4.74 Å². The first-order valence-electron chi connectivity index (χ1n) is 8.27. The Hall–Kier alpha value is -1.76. The van der Waals surface area contributed by atoms with Crippen molar-refractivity contribution >= 4 is 35.6 Å². The first kappa shape index (κ1) is 21.3. The summed E-state index contributed by atoms with van der Waals surface area (Å²) in [6.45, 7) is 7.07. The molecule has 1 atom stereocenters. The fourth-order valence-corrected chi connectivity index (χ4v) is 2.48. The monoisotopic (exact) mass is 453 g/mol. The molecule has 5 heteroatoms. The molecule has 2 aromatic rings. The predicted octanol–water partition coefficient (Wildman–Crippen LogP) is 4.85. The average Bonchev–Trinajstić information content (AvgIpc) is 2.58. The maximum absolute atomic E-state index is 5.98. The number of nitrogens with one attached hydrogen (secondary N) is 1. The second-order valence-corrected chi connectivity index (χ2v) is 6.15. The molecule has 0 saturated carbocycles. The number of ether oxygens (including phenoxy) is 1. The van der Waals surface area contributed by atoms with Crippen LogP contribution in [0.1, 0.15) is 36.0 Å². The summed E-state index contributed by atoms with van der Waals surface area (Å²) in [7, 11) is 1.68. The molecule has 4 nitrogen and oxygen atoms in total. The minimum atomic E-state index is 0. The number of benzene rings is 2. The maximum Gasteiger partial charge on any atom is 0.193 e. The molecule has 0 radical (unpaired) electrons. The van der Waals surface area contributed by atoms with E-state index in [1.54, 1.807) is 7.11 Å². The molecule has 0 bridgehead atoms. The van der Waals surface area contributed by atoms with Crippen molar-refractivity contribution in [1.82, 2.24) is 0 Å². The zero-order valence-corrected chi connectivity index (χ0v) is 17.7. The molecule has 2 rings (SSSR count). The van der Waals surface area contributed by atoms with Crippen LogP contribution in [0.25, 0.3) is 0 Å². The Kier molecular flexibility index (Phi) is 8.75. The quantitative estimate of drug-likeness (QED) is 0.374. The molecule has 3 N–H and O–H groups in total. The molecule has 0 aromatic heterocycles. The van der Waals surface area contributed by atoms with Gasteiger partial charge in [-0.3, -0.25) is 4.99 Å². The normalized spacial score (nSPS) is 12.2. The van der Waals surface area contributed by atoms with E-state index >= 15 is 0 Å². The van der Waals surface area contributed by atoms with Gasteiger partial charge in [0.05, 0.1) is 7.11 Å². The third-order valence-corrected chi connectivity index (χ3v) is 4.31. The van der Waals surface area contributed by atoms with Crippen molar-refractivity contribution in [2.75, 3.05) is 19.0 Å². The van der Waals surface area contributed by atoms with E-state index in [9.17, 15) is 0 Å². The summed E-state index contributed by atoms with van der Waals surface area (Å²) < 4.78 is 5.19. The van der Waals surface area contributed by atoms with E-state index in [0.29, 0.717) is 18.4 Å². The summed E-state index contributed by atoms with van der Waals surface area (Å²) in [4.78, 5) is 4.43. The van der Waals surface area contributed by atoms with Crippen molar-refractivity contribution in [3.63, 3.8) is 0 Å². The zero-order valence-electron chi connectivity index (χ0n) is 15.4. The van der Waals surface area contributed by atoms with Crippen molar-refractivity contribution in [2.45, 2.75) is 33.1 Å². The van der Waals surface area contributed by atoms with E-state index in [1.165, 1.54) is 16.7 Å². The molecule has 0 amide bonds. The van der Waals surface area contributed by atoms with E-state index in [-0.39, 0.29) is 24.0 Å². The van der Waals surface area contributed by atoms with E-state index < -0.39 is 0 Å². The molecule has 0 spiro atoms. The van der Waals surface area contributed by atoms with Crippen LogP contribution < -0.4 is 15.8 Å². The van der Waals surface area contributed by atoms with E-state index in [0.717, 1.165) is 17.9 Å². The molecule has 0 aliphatic rings. The number of hydrogen-bond acceptors (Lipinski definition) is 2. The van der Waals surface area contributed by atoms with E-state index in [2.05, 4.69) is 55.3 Å². The van der Waals surface area contributed by atoms with Crippen molar-refractivity contribution in [3.05, 3.63) is 59.2 Å². The minimum Gasteiger partial charge on any atom is -0.497 e. The summed E-state index contributed by atoms with van der Waals surface area (Å²) in [5.41, 5.74) is 10.7. The van der Waals surface area contributed by atoms with E-state index in [4.69, 9.17) is 10.5 Å². The summed E-state index contributed by atoms with van der Waals surface area (Å²) in [6, 6.07) is 14.4. The minimum absolute atomic E-state index is 0. The molecule has 0 aliphatic heterocycles. The van der Waals surface area contributed by atoms with Gasteiger partial charge in [-0.2, -0.15) is 0 Å². The van der Waals surface area contributed by atoms with Crippen LogP contribution in [0.5, 0.6) is 5.75 Å². The van der Waals surface area contributed by atoms with Crippen molar-refractivity contribution in [2.24, 2.45) is 10.7 Å². The summed E-state index contributed by atoms with van der Waals surface area (Å²) in [6.07, 6.45) is 0.946.